The van der Waals surface area contributed by atoms with E-state index >= 15 is 0 Å². The van der Waals surface area contributed by atoms with Crippen LogP contribution in [0.3, 0.4) is 0 Å². The summed E-state index contributed by atoms with van der Waals surface area (Å²) in [6.45, 7) is 0. The molecule has 1 amide bonds. The number of fused-ring (bicyclic) bond motifs is 1. The molecular weight excluding hydrogens is 268 g/mol. The van der Waals surface area contributed by atoms with Gasteiger partial charge in [-0.25, -0.2) is 13.6 Å². The first kappa shape index (κ1) is 14.4. The number of carboxylic acids is 1. The molecule has 1 aromatic rings. The number of nitrogens with one attached hydrogen (secondary N) is 1. The summed E-state index contributed by atoms with van der Waals surface area (Å²) in [5.74, 6) is -2.09. The number of aryl methyl sites for hydroxylation is 2. The Morgan fingerprint density at radius 1 is 1.25 bits per heavy atom. The van der Waals surface area contributed by atoms with Gasteiger partial charge in [-0.2, -0.15) is 0 Å². The second-order valence-electron chi connectivity index (χ2n) is 4.83. The fourth-order valence-corrected chi connectivity index (χ4v) is 2.35. The lowest BCUT2D eigenvalue weighted by Crippen LogP contribution is -2.42. The molecule has 0 aromatic heterocycles. The topological polar surface area (TPSA) is 66.4 Å². The van der Waals surface area contributed by atoms with E-state index < -0.39 is 30.8 Å². The van der Waals surface area contributed by atoms with Gasteiger partial charge in [0, 0.05) is 12.0 Å². The minimum Gasteiger partial charge on any atom is -0.480 e. The molecule has 1 unspecified atom stereocenters. The van der Waals surface area contributed by atoms with Crippen LogP contribution in [0.25, 0.3) is 0 Å². The Labute approximate surface area is 114 Å². The number of aliphatic carboxylic acids is 1. The van der Waals surface area contributed by atoms with E-state index in [1.54, 1.807) is 12.1 Å². The van der Waals surface area contributed by atoms with Crippen LogP contribution in [0.1, 0.15) is 34.3 Å². The molecular formula is C14H15F2NO3. The van der Waals surface area contributed by atoms with Crippen LogP contribution in [0.15, 0.2) is 18.2 Å². The van der Waals surface area contributed by atoms with Crippen molar-refractivity contribution in [2.45, 2.75) is 38.2 Å². The first-order chi connectivity index (χ1) is 9.47. The largest absolute Gasteiger partial charge is 0.480 e. The number of hydrogen-bond donors (Lipinski definition) is 2. The third-order valence-corrected chi connectivity index (χ3v) is 3.38. The maximum atomic E-state index is 12.3. The van der Waals surface area contributed by atoms with Crippen LogP contribution in [-0.2, 0) is 17.6 Å². The summed E-state index contributed by atoms with van der Waals surface area (Å²) in [7, 11) is 0. The molecule has 2 N–H and O–H groups in total. The second kappa shape index (κ2) is 5.98. The van der Waals surface area contributed by atoms with Gasteiger partial charge in [-0.3, -0.25) is 4.79 Å². The molecule has 0 saturated carbocycles. The summed E-state index contributed by atoms with van der Waals surface area (Å²) in [4.78, 5) is 22.8. The van der Waals surface area contributed by atoms with Crippen molar-refractivity contribution in [2.24, 2.45) is 0 Å². The standard InChI is InChI=1S/C14H15F2NO3/c15-12(16)7-11(14(19)20)17-13(18)10-5-4-8-2-1-3-9(8)6-10/h4-6,11-12H,1-3,7H2,(H,17,18)(H,19,20). The molecule has 1 aliphatic carbocycles. The SMILES string of the molecule is O=C(NC(CC(F)F)C(=O)O)c1ccc2c(c1)CCC2. The minimum atomic E-state index is -2.78. The molecule has 0 spiro atoms. The van der Waals surface area contributed by atoms with Gasteiger partial charge in [0.25, 0.3) is 5.91 Å². The van der Waals surface area contributed by atoms with Gasteiger partial charge in [0.2, 0.25) is 6.43 Å². The van der Waals surface area contributed by atoms with Gasteiger partial charge in [-0.15, -0.1) is 0 Å². The van der Waals surface area contributed by atoms with E-state index in [9.17, 15) is 18.4 Å². The molecule has 0 radical (unpaired) electrons. The lowest BCUT2D eigenvalue weighted by atomic mass is 10.1. The molecule has 0 fully saturated rings. The zero-order chi connectivity index (χ0) is 14.7. The van der Waals surface area contributed by atoms with Gasteiger partial charge in [-0.05, 0) is 42.5 Å². The van der Waals surface area contributed by atoms with E-state index in [2.05, 4.69) is 5.32 Å². The Bertz CT molecular complexity index is 531. The van der Waals surface area contributed by atoms with Crippen molar-refractivity contribution in [3.8, 4) is 0 Å². The second-order valence-corrected chi connectivity index (χ2v) is 4.83. The molecule has 0 bridgehead atoms. The first-order valence-electron chi connectivity index (χ1n) is 6.41. The average molecular weight is 283 g/mol. The summed E-state index contributed by atoms with van der Waals surface area (Å²) in [5, 5.41) is 11.0. The minimum absolute atomic E-state index is 0.311. The summed E-state index contributed by atoms with van der Waals surface area (Å²) >= 11 is 0. The number of halogens is 2. The van der Waals surface area contributed by atoms with Crippen molar-refractivity contribution in [2.75, 3.05) is 0 Å². The molecule has 1 aromatic carbocycles. The highest BCUT2D eigenvalue weighted by Crippen LogP contribution is 2.22. The molecule has 2 rings (SSSR count). The van der Waals surface area contributed by atoms with Gasteiger partial charge in [0.1, 0.15) is 6.04 Å². The van der Waals surface area contributed by atoms with Crippen LogP contribution in [0.5, 0.6) is 0 Å². The number of carboxylic acid groups (broad SMARTS) is 1. The Morgan fingerprint density at radius 3 is 2.60 bits per heavy atom. The van der Waals surface area contributed by atoms with E-state index in [1.807, 2.05) is 6.07 Å². The molecule has 108 valence electrons. The highest BCUT2D eigenvalue weighted by atomic mass is 19.3. The van der Waals surface area contributed by atoms with E-state index in [4.69, 9.17) is 5.11 Å². The van der Waals surface area contributed by atoms with E-state index in [-0.39, 0.29) is 0 Å². The average Bonchev–Trinajstić information content (AvgIpc) is 2.84. The van der Waals surface area contributed by atoms with Gasteiger partial charge in [-0.1, -0.05) is 6.07 Å². The quantitative estimate of drug-likeness (QED) is 0.868. The van der Waals surface area contributed by atoms with Crippen LogP contribution in [0, 0.1) is 0 Å². The number of carbonyl (C=O) groups is 2. The van der Waals surface area contributed by atoms with Crippen molar-refractivity contribution in [3.05, 3.63) is 34.9 Å². The summed E-state index contributed by atoms with van der Waals surface area (Å²) < 4.78 is 24.5. The van der Waals surface area contributed by atoms with E-state index in [1.165, 1.54) is 5.56 Å². The van der Waals surface area contributed by atoms with Crippen molar-refractivity contribution >= 4 is 11.9 Å². The predicted molar refractivity (Wildman–Crippen MR) is 68.0 cm³/mol. The molecule has 0 heterocycles. The van der Waals surface area contributed by atoms with Crippen molar-refractivity contribution in [3.63, 3.8) is 0 Å². The fraction of sp³-hybridized carbons (Fsp3) is 0.429. The molecule has 20 heavy (non-hydrogen) atoms. The van der Waals surface area contributed by atoms with Gasteiger partial charge < -0.3 is 10.4 Å². The summed E-state index contributed by atoms with van der Waals surface area (Å²) in [5.41, 5.74) is 2.56. The van der Waals surface area contributed by atoms with Crippen LogP contribution in [0.4, 0.5) is 8.78 Å². The highest BCUT2D eigenvalue weighted by molar-refractivity contribution is 5.96. The Balaban J connectivity index is 2.08. The smallest absolute Gasteiger partial charge is 0.326 e. The van der Waals surface area contributed by atoms with E-state index in [0.29, 0.717) is 5.56 Å². The summed E-state index contributed by atoms with van der Waals surface area (Å²) in [6, 6.07) is 3.57. The van der Waals surface area contributed by atoms with Gasteiger partial charge in [0.15, 0.2) is 0 Å². The molecule has 6 heteroatoms. The van der Waals surface area contributed by atoms with Crippen LogP contribution in [0.2, 0.25) is 0 Å². The Hall–Kier alpha value is -1.98. The van der Waals surface area contributed by atoms with Crippen molar-refractivity contribution < 1.29 is 23.5 Å². The number of benzene rings is 1. The zero-order valence-corrected chi connectivity index (χ0v) is 10.7. The zero-order valence-electron chi connectivity index (χ0n) is 10.7. The lowest BCUT2D eigenvalue weighted by Gasteiger charge is -2.14. The molecule has 1 aliphatic rings. The van der Waals surface area contributed by atoms with Crippen molar-refractivity contribution in [1.82, 2.24) is 5.32 Å². The Morgan fingerprint density at radius 2 is 1.95 bits per heavy atom. The van der Waals surface area contributed by atoms with Crippen LogP contribution >= 0.6 is 0 Å². The predicted octanol–water partition coefficient (Wildman–Crippen LogP) is 2.01. The number of hydrogen-bond acceptors (Lipinski definition) is 2. The molecule has 0 saturated heterocycles. The van der Waals surface area contributed by atoms with Crippen molar-refractivity contribution in [1.29, 1.82) is 0 Å². The highest BCUT2D eigenvalue weighted by Gasteiger charge is 2.25. The van der Waals surface area contributed by atoms with Gasteiger partial charge in [0.05, 0.1) is 0 Å². The number of amides is 1. The third kappa shape index (κ3) is 3.31. The van der Waals surface area contributed by atoms with E-state index in [0.717, 1.165) is 24.8 Å². The maximum absolute atomic E-state index is 12.3. The number of alkyl halides is 2. The van der Waals surface area contributed by atoms with Gasteiger partial charge >= 0.3 is 5.97 Å². The van der Waals surface area contributed by atoms with Crippen LogP contribution in [-0.4, -0.2) is 29.5 Å². The number of rotatable bonds is 5. The van der Waals surface area contributed by atoms with Crippen LogP contribution < -0.4 is 5.32 Å². The first-order valence-corrected chi connectivity index (χ1v) is 6.41. The molecule has 4 nitrogen and oxygen atoms in total. The molecule has 0 aliphatic heterocycles. The number of carbonyl (C=O) groups excluding carboxylic acids is 1. The monoisotopic (exact) mass is 283 g/mol. The fourth-order valence-electron chi connectivity index (χ4n) is 2.35. The Kier molecular flexibility index (Phi) is 4.32. The maximum Gasteiger partial charge on any atom is 0.326 e. The third-order valence-electron chi connectivity index (χ3n) is 3.38. The summed E-state index contributed by atoms with van der Waals surface area (Å²) in [6.07, 6.45) is -0.789. The lowest BCUT2D eigenvalue weighted by molar-refractivity contribution is -0.140. The molecule has 1 atom stereocenters. The normalized spacial score (nSPS) is 14.9.